The minimum atomic E-state index is -0.972. The third-order valence-electron chi connectivity index (χ3n) is 2.31. The minimum absolute atomic E-state index is 0.599. The van der Waals surface area contributed by atoms with Crippen LogP contribution < -0.4 is 0 Å². The Balaban J connectivity index is 2.56. The van der Waals surface area contributed by atoms with E-state index in [4.69, 9.17) is 5.26 Å². The molecule has 0 aromatic rings. The Morgan fingerprint density at radius 3 is 2.75 bits per heavy atom. The summed E-state index contributed by atoms with van der Waals surface area (Å²) < 4.78 is 0. The average molecular weight is 179 g/mol. The molecular weight excluding hydrogens is 162 g/mol. The van der Waals surface area contributed by atoms with Gasteiger partial charge in [-0.05, 0) is 18.8 Å². The van der Waals surface area contributed by atoms with Gasteiger partial charge in [0.1, 0.15) is 0 Å². The molecule has 0 saturated heterocycles. The van der Waals surface area contributed by atoms with Gasteiger partial charge >= 0.3 is 0 Å². The SMILES string of the molecule is C[Si](C)(C)CC1CCC=C1C#N. The summed E-state index contributed by atoms with van der Waals surface area (Å²) in [5.74, 6) is 0.599. The summed E-state index contributed by atoms with van der Waals surface area (Å²) in [6.45, 7) is 7.13. The first-order valence-corrected chi connectivity index (χ1v) is 8.34. The monoisotopic (exact) mass is 179 g/mol. The van der Waals surface area contributed by atoms with E-state index in [0.717, 1.165) is 12.0 Å². The van der Waals surface area contributed by atoms with Crippen LogP contribution in [0.4, 0.5) is 0 Å². The molecule has 1 aliphatic carbocycles. The Labute approximate surface area is 76.1 Å². The molecule has 0 amide bonds. The second-order valence-corrected chi connectivity index (χ2v) is 10.3. The van der Waals surface area contributed by atoms with Gasteiger partial charge in [-0.15, -0.1) is 0 Å². The Morgan fingerprint density at radius 2 is 2.25 bits per heavy atom. The predicted molar refractivity (Wildman–Crippen MR) is 54.6 cm³/mol. The number of nitriles is 1. The van der Waals surface area contributed by atoms with Crippen molar-refractivity contribution in [1.29, 1.82) is 5.26 Å². The molecular formula is C10H17NSi. The van der Waals surface area contributed by atoms with Crippen LogP contribution in [-0.4, -0.2) is 8.07 Å². The van der Waals surface area contributed by atoms with Crippen molar-refractivity contribution < 1.29 is 0 Å². The molecule has 0 aliphatic heterocycles. The van der Waals surface area contributed by atoms with Crippen LogP contribution in [0.5, 0.6) is 0 Å². The molecule has 1 atom stereocenters. The van der Waals surface area contributed by atoms with Crippen molar-refractivity contribution in [3.63, 3.8) is 0 Å². The minimum Gasteiger partial charge on any atom is -0.193 e. The first kappa shape index (κ1) is 9.53. The molecule has 1 unspecified atom stereocenters. The molecule has 0 spiro atoms. The number of hydrogen-bond acceptors (Lipinski definition) is 1. The van der Waals surface area contributed by atoms with E-state index in [9.17, 15) is 0 Å². The summed E-state index contributed by atoms with van der Waals surface area (Å²) >= 11 is 0. The zero-order valence-corrected chi connectivity index (χ0v) is 9.22. The summed E-state index contributed by atoms with van der Waals surface area (Å²) in [5, 5.41) is 8.83. The molecule has 0 heterocycles. The van der Waals surface area contributed by atoms with Crippen molar-refractivity contribution in [3.05, 3.63) is 11.6 Å². The molecule has 0 radical (unpaired) electrons. The van der Waals surface area contributed by atoms with E-state index >= 15 is 0 Å². The highest BCUT2D eigenvalue weighted by atomic mass is 28.3. The second kappa shape index (κ2) is 3.45. The lowest BCUT2D eigenvalue weighted by Crippen LogP contribution is -2.23. The molecule has 1 rings (SSSR count). The van der Waals surface area contributed by atoms with Crippen molar-refractivity contribution in [3.8, 4) is 6.07 Å². The summed E-state index contributed by atoms with van der Waals surface area (Å²) in [5.41, 5.74) is 1.05. The summed E-state index contributed by atoms with van der Waals surface area (Å²) in [6, 6.07) is 3.60. The standard InChI is InChI=1S/C10H17NSi/c1-12(2,3)8-10-6-4-5-9(10)7-11/h5,10H,4,6,8H2,1-3H3. The third kappa shape index (κ3) is 2.49. The quantitative estimate of drug-likeness (QED) is 0.597. The normalized spacial score (nSPS) is 23.5. The summed E-state index contributed by atoms with van der Waals surface area (Å²) in [6.07, 6.45) is 4.45. The van der Waals surface area contributed by atoms with Crippen LogP contribution in [0, 0.1) is 17.2 Å². The topological polar surface area (TPSA) is 23.8 Å². The Kier molecular flexibility index (Phi) is 2.74. The maximum atomic E-state index is 8.83. The first-order valence-electron chi connectivity index (χ1n) is 4.63. The average Bonchev–Trinajstić information content (AvgIpc) is 2.31. The fourth-order valence-corrected chi connectivity index (χ4v) is 3.75. The zero-order chi connectivity index (χ0) is 9.19. The molecule has 66 valence electrons. The van der Waals surface area contributed by atoms with Gasteiger partial charge in [0.05, 0.1) is 6.07 Å². The zero-order valence-electron chi connectivity index (χ0n) is 8.22. The van der Waals surface area contributed by atoms with Crippen molar-refractivity contribution in [2.75, 3.05) is 0 Å². The fourth-order valence-electron chi connectivity index (χ4n) is 1.85. The number of nitrogens with zero attached hydrogens (tertiary/aromatic N) is 1. The fraction of sp³-hybridized carbons (Fsp3) is 0.700. The van der Waals surface area contributed by atoms with E-state index in [0.29, 0.717) is 5.92 Å². The Morgan fingerprint density at radius 1 is 1.58 bits per heavy atom. The highest BCUT2D eigenvalue weighted by molar-refractivity contribution is 6.76. The lowest BCUT2D eigenvalue weighted by atomic mass is 10.1. The number of allylic oxidation sites excluding steroid dienone is 2. The van der Waals surface area contributed by atoms with Crippen molar-refractivity contribution in [1.82, 2.24) is 0 Å². The molecule has 1 aliphatic rings. The van der Waals surface area contributed by atoms with E-state index in [1.807, 2.05) is 0 Å². The number of hydrogen-bond donors (Lipinski definition) is 0. The van der Waals surface area contributed by atoms with Gasteiger partial charge in [-0.3, -0.25) is 0 Å². The van der Waals surface area contributed by atoms with E-state index in [-0.39, 0.29) is 0 Å². The van der Waals surface area contributed by atoms with Gasteiger partial charge in [0, 0.05) is 13.6 Å². The third-order valence-corrected chi connectivity index (χ3v) is 4.02. The van der Waals surface area contributed by atoms with Gasteiger partial charge in [0.25, 0.3) is 0 Å². The van der Waals surface area contributed by atoms with E-state index < -0.39 is 8.07 Å². The molecule has 0 N–H and O–H groups in total. The van der Waals surface area contributed by atoms with Crippen molar-refractivity contribution in [2.24, 2.45) is 5.92 Å². The van der Waals surface area contributed by atoms with Crippen LogP contribution in [0.3, 0.4) is 0 Å². The van der Waals surface area contributed by atoms with Gasteiger partial charge in [0.15, 0.2) is 0 Å². The molecule has 0 bridgehead atoms. The van der Waals surface area contributed by atoms with Gasteiger partial charge in [-0.25, -0.2) is 0 Å². The first-order chi connectivity index (χ1) is 5.53. The smallest absolute Gasteiger partial charge is 0.0946 e. The molecule has 0 fully saturated rings. The summed E-state index contributed by atoms with van der Waals surface area (Å²) in [4.78, 5) is 0. The molecule has 0 aromatic heterocycles. The Bertz CT molecular complexity index is 229. The van der Waals surface area contributed by atoms with Crippen LogP contribution in [-0.2, 0) is 0 Å². The highest BCUT2D eigenvalue weighted by Crippen LogP contribution is 2.32. The van der Waals surface area contributed by atoms with Gasteiger partial charge in [-0.2, -0.15) is 5.26 Å². The maximum absolute atomic E-state index is 8.83. The lowest BCUT2D eigenvalue weighted by Gasteiger charge is -2.20. The molecule has 1 nitrogen and oxygen atoms in total. The van der Waals surface area contributed by atoms with E-state index in [2.05, 4.69) is 31.8 Å². The van der Waals surface area contributed by atoms with Crippen LogP contribution >= 0.6 is 0 Å². The van der Waals surface area contributed by atoms with Crippen molar-refractivity contribution >= 4 is 8.07 Å². The predicted octanol–water partition coefficient (Wildman–Crippen LogP) is 3.18. The van der Waals surface area contributed by atoms with Gasteiger partial charge in [-0.1, -0.05) is 31.8 Å². The van der Waals surface area contributed by atoms with Crippen LogP contribution in [0.2, 0.25) is 25.7 Å². The summed E-state index contributed by atoms with van der Waals surface area (Å²) in [7, 11) is -0.972. The van der Waals surface area contributed by atoms with E-state index in [1.165, 1.54) is 12.5 Å². The molecule has 0 aromatic carbocycles. The second-order valence-electron chi connectivity index (χ2n) is 4.81. The highest BCUT2D eigenvalue weighted by Gasteiger charge is 2.25. The Hall–Kier alpha value is -0.553. The van der Waals surface area contributed by atoms with E-state index in [1.54, 1.807) is 0 Å². The van der Waals surface area contributed by atoms with Gasteiger partial charge in [0.2, 0.25) is 0 Å². The lowest BCUT2D eigenvalue weighted by molar-refractivity contribution is 0.672. The van der Waals surface area contributed by atoms with Gasteiger partial charge < -0.3 is 0 Å². The molecule has 0 saturated carbocycles. The molecule has 2 heteroatoms. The number of rotatable bonds is 2. The largest absolute Gasteiger partial charge is 0.193 e. The van der Waals surface area contributed by atoms with Crippen LogP contribution in [0.25, 0.3) is 0 Å². The van der Waals surface area contributed by atoms with Crippen LogP contribution in [0.15, 0.2) is 11.6 Å². The van der Waals surface area contributed by atoms with Crippen LogP contribution in [0.1, 0.15) is 12.8 Å². The molecule has 12 heavy (non-hydrogen) atoms. The maximum Gasteiger partial charge on any atom is 0.0946 e. The van der Waals surface area contributed by atoms with Crippen molar-refractivity contribution in [2.45, 2.75) is 38.5 Å².